The van der Waals surface area contributed by atoms with Gasteiger partial charge in [0.2, 0.25) is 5.96 Å². The lowest BCUT2D eigenvalue weighted by Crippen LogP contribution is -2.47. The first-order valence-electron chi connectivity index (χ1n) is 8.95. The summed E-state index contributed by atoms with van der Waals surface area (Å²) in [5, 5.41) is 10.8. The Bertz CT molecular complexity index is 1150. The van der Waals surface area contributed by atoms with Crippen LogP contribution in [0.5, 0.6) is 5.75 Å². The molecular weight excluding hydrogens is 476 g/mol. The monoisotopic (exact) mass is 493 g/mol. The van der Waals surface area contributed by atoms with E-state index in [4.69, 9.17) is 16.1 Å². The fourth-order valence-corrected chi connectivity index (χ4v) is 4.57. The molecule has 0 saturated carbocycles. The van der Waals surface area contributed by atoms with Crippen molar-refractivity contribution in [3.05, 3.63) is 34.2 Å². The Balaban J connectivity index is 2.01. The summed E-state index contributed by atoms with van der Waals surface area (Å²) >= 11 is 6.26. The van der Waals surface area contributed by atoms with E-state index in [9.17, 15) is 22.0 Å². The van der Waals surface area contributed by atoms with Crippen molar-refractivity contribution < 1.29 is 31.3 Å². The molecule has 0 radical (unpaired) electrons. The molecule has 3 rings (SSSR count). The van der Waals surface area contributed by atoms with E-state index in [1.807, 2.05) is 0 Å². The van der Waals surface area contributed by atoms with Crippen LogP contribution >= 0.6 is 11.6 Å². The number of ether oxygens (including phenoxy) is 1. The zero-order valence-electron chi connectivity index (χ0n) is 16.9. The summed E-state index contributed by atoms with van der Waals surface area (Å²) in [5.74, 6) is -1.29. The van der Waals surface area contributed by atoms with Crippen molar-refractivity contribution in [3.8, 4) is 5.75 Å². The van der Waals surface area contributed by atoms with Crippen molar-refractivity contribution >= 4 is 39.2 Å². The van der Waals surface area contributed by atoms with Crippen LogP contribution in [0.2, 0.25) is 5.02 Å². The van der Waals surface area contributed by atoms with Crippen LogP contribution in [0.3, 0.4) is 0 Å². The smallest absolute Gasteiger partial charge is 0.387 e. The summed E-state index contributed by atoms with van der Waals surface area (Å²) < 4.78 is 62.9. The van der Waals surface area contributed by atoms with Gasteiger partial charge in [0.1, 0.15) is 11.4 Å². The number of hydrogen-bond donors (Lipinski definition) is 4. The van der Waals surface area contributed by atoms with Gasteiger partial charge >= 0.3 is 6.61 Å². The molecule has 2 heterocycles. The molecular formula is C16H18ClF2N7O5S. The minimum absolute atomic E-state index is 0.0322. The maximum atomic E-state index is 12.9. The maximum Gasteiger partial charge on any atom is 0.387 e. The minimum atomic E-state index is -4.39. The number of halogens is 3. The standard InChI is InChI=1S/C16H18ClF2N7O5S/c1-4-26-16(21-24-25-26)20-14(27)9-5-6-10(30-15(18)19)12(11(9)17)23-32(28,29)13-7(2)22-31-8(13)3/h5-6,15,23-25H,4H2,1-3H3,(H,20,21,27). The van der Waals surface area contributed by atoms with E-state index in [2.05, 4.69) is 36.1 Å². The van der Waals surface area contributed by atoms with Gasteiger partial charge in [0.25, 0.3) is 15.9 Å². The molecule has 174 valence electrons. The van der Waals surface area contributed by atoms with E-state index in [0.29, 0.717) is 6.54 Å². The second kappa shape index (κ2) is 9.13. The molecule has 0 aliphatic carbocycles. The van der Waals surface area contributed by atoms with E-state index >= 15 is 0 Å². The predicted octanol–water partition coefficient (Wildman–Crippen LogP) is 1.69. The zero-order chi connectivity index (χ0) is 23.6. The second-order valence-electron chi connectivity index (χ2n) is 6.29. The molecule has 1 amide bonds. The van der Waals surface area contributed by atoms with Crippen molar-refractivity contribution in [3.63, 3.8) is 0 Å². The Morgan fingerprint density at radius 2 is 2.09 bits per heavy atom. The van der Waals surface area contributed by atoms with Crippen LogP contribution in [0.1, 0.15) is 28.7 Å². The lowest BCUT2D eigenvalue weighted by atomic mass is 10.1. The van der Waals surface area contributed by atoms with Gasteiger partial charge in [-0.2, -0.15) is 8.78 Å². The number of nitrogens with one attached hydrogen (secondary N) is 4. The number of guanidine groups is 1. The third-order valence-electron chi connectivity index (χ3n) is 4.18. The first-order chi connectivity index (χ1) is 15.0. The zero-order valence-corrected chi connectivity index (χ0v) is 18.4. The van der Waals surface area contributed by atoms with Crippen LogP contribution in [-0.2, 0) is 10.0 Å². The van der Waals surface area contributed by atoms with Crippen LogP contribution in [0.15, 0.2) is 26.7 Å². The number of rotatable bonds is 7. The van der Waals surface area contributed by atoms with E-state index < -0.39 is 39.0 Å². The average molecular weight is 494 g/mol. The van der Waals surface area contributed by atoms with Crippen molar-refractivity contribution in [1.29, 1.82) is 0 Å². The number of hydrogen-bond acceptors (Lipinski definition) is 10. The Labute approximate surface area is 185 Å². The van der Waals surface area contributed by atoms with Gasteiger partial charge in [-0.05, 0) is 32.9 Å². The largest absolute Gasteiger partial charge is 0.433 e. The fourth-order valence-electron chi connectivity index (χ4n) is 2.81. The van der Waals surface area contributed by atoms with Crippen LogP contribution in [0.4, 0.5) is 14.5 Å². The number of carbonyl (C=O) groups excluding carboxylic acids is 1. The number of amides is 1. The molecule has 2 aromatic rings. The highest BCUT2D eigenvalue weighted by Gasteiger charge is 2.29. The van der Waals surface area contributed by atoms with Gasteiger partial charge in [-0.25, -0.2) is 14.0 Å². The number of alkyl halides is 2. The molecule has 0 fully saturated rings. The number of hydrazone groups is 1. The second-order valence-corrected chi connectivity index (χ2v) is 8.29. The van der Waals surface area contributed by atoms with Gasteiger partial charge in [-0.15, -0.1) is 10.6 Å². The highest BCUT2D eigenvalue weighted by Crippen LogP contribution is 2.38. The minimum Gasteiger partial charge on any atom is -0.433 e. The topological polar surface area (TPSA) is 150 Å². The lowest BCUT2D eigenvalue weighted by Gasteiger charge is -2.18. The molecule has 1 aliphatic heterocycles. The molecule has 0 saturated heterocycles. The summed E-state index contributed by atoms with van der Waals surface area (Å²) in [6.45, 7) is 1.68. The number of sulfonamides is 1. The quantitative estimate of drug-likeness (QED) is 0.451. The Morgan fingerprint density at radius 1 is 1.38 bits per heavy atom. The molecule has 16 heteroatoms. The Hall–Kier alpha value is -3.17. The van der Waals surface area contributed by atoms with Gasteiger partial charge in [0, 0.05) is 6.54 Å². The molecule has 0 spiro atoms. The molecule has 4 N–H and O–H groups in total. The summed E-state index contributed by atoms with van der Waals surface area (Å²) in [6, 6.07) is 2.10. The number of aryl methyl sites for hydroxylation is 2. The molecule has 1 aliphatic rings. The number of hydrazine groups is 2. The van der Waals surface area contributed by atoms with Crippen molar-refractivity contribution in [2.24, 2.45) is 5.10 Å². The normalized spacial score (nSPS) is 13.7. The lowest BCUT2D eigenvalue weighted by molar-refractivity contribution is -0.0493. The maximum absolute atomic E-state index is 12.9. The van der Waals surface area contributed by atoms with Crippen molar-refractivity contribution in [2.75, 3.05) is 11.3 Å². The van der Waals surface area contributed by atoms with Gasteiger partial charge in [0.05, 0.1) is 10.6 Å². The molecule has 0 atom stereocenters. The average Bonchev–Trinajstić information content (AvgIpc) is 3.29. The van der Waals surface area contributed by atoms with Gasteiger partial charge in [-0.1, -0.05) is 16.8 Å². The molecule has 1 aromatic carbocycles. The van der Waals surface area contributed by atoms with Crippen LogP contribution < -0.4 is 25.8 Å². The highest BCUT2D eigenvalue weighted by molar-refractivity contribution is 7.92. The summed E-state index contributed by atoms with van der Waals surface area (Å²) in [6.07, 6.45) is 0. The first-order valence-corrected chi connectivity index (χ1v) is 10.8. The van der Waals surface area contributed by atoms with Crippen LogP contribution in [0.25, 0.3) is 0 Å². The van der Waals surface area contributed by atoms with Gasteiger partial charge in [0.15, 0.2) is 16.4 Å². The van der Waals surface area contributed by atoms with Gasteiger partial charge in [-0.3, -0.25) is 19.8 Å². The third-order valence-corrected chi connectivity index (χ3v) is 6.17. The number of carbonyl (C=O) groups is 1. The highest BCUT2D eigenvalue weighted by atomic mass is 35.5. The van der Waals surface area contributed by atoms with E-state index in [0.717, 1.165) is 12.1 Å². The SMILES string of the molecule is CCN1NNN=C1NC(=O)c1ccc(OC(F)F)c(NS(=O)(=O)c2c(C)noc2C)c1Cl. The Kier molecular flexibility index (Phi) is 6.71. The molecule has 32 heavy (non-hydrogen) atoms. The first kappa shape index (κ1) is 23.5. The fraction of sp³-hybridized carbons (Fsp3) is 0.312. The number of aromatic nitrogens is 1. The van der Waals surface area contributed by atoms with E-state index in [-0.39, 0.29) is 27.9 Å². The molecule has 12 nitrogen and oxygen atoms in total. The summed E-state index contributed by atoms with van der Waals surface area (Å²) in [7, 11) is -4.39. The van der Waals surface area contributed by atoms with Crippen molar-refractivity contribution in [1.82, 2.24) is 26.6 Å². The van der Waals surface area contributed by atoms with Crippen LogP contribution in [-0.4, -0.2) is 43.6 Å². The van der Waals surface area contributed by atoms with Crippen LogP contribution in [0, 0.1) is 13.8 Å². The Morgan fingerprint density at radius 3 is 2.69 bits per heavy atom. The third kappa shape index (κ3) is 4.68. The predicted molar refractivity (Wildman–Crippen MR) is 108 cm³/mol. The molecule has 1 aromatic heterocycles. The molecule has 0 unspecified atom stereocenters. The summed E-state index contributed by atoms with van der Waals surface area (Å²) in [5.41, 5.74) is 4.35. The number of nitrogens with zero attached hydrogens (tertiary/aromatic N) is 3. The van der Waals surface area contributed by atoms with Gasteiger partial charge < -0.3 is 9.26 Å². The number of benzene rings is 1. The van der Waals surface area contributed by atoms with Crippen molar-refractivity contribution in [2.45, 2.75) is 32.3 Å². The number of anilines is 1. The summed E-state index contributed by atoms with van der Waals surface area (Å²) in [4.78, 5) is 12.4. The van der Waals surface area contributed by atoms with E-state index in [1.54, 1.807) is 6.92 Å². The van der Waals surface area contributed by atoms with E-state index in [1.165, 1.54) is 18.9 Å². The molecule has 0 bridgehead atoms.